The summed E-state index contributed by atoms with van der Waals surface area (Å²) in [6.07, 6.45) is 0. The van der Waals surface area contributed by atoms with Crippen molar-refractivity contribution >= 4 is 11.8 Å². The summed E-state index contributed by atoms with van der Waals surface area (Å²) < 4.78 is 16.0. The molecule has 0 fully saturated rings. The van der Waals surface area contributed by atoms with Crippen LogP contribution in [0.1, 0.15) is 0 Å². The van der Waals surface area contributed by atoms with Crippen molar-refractivity contribution in [3.8, 4) is 11.5 Å². The van der Waals surface area contributed by atoms with E-state index in [1.807, 2.05) is 48.5 Å². The molecular weight excluding hydrogens is 348 g/mol. The molecule has 2 amide bonds. The summed E-state index contributed by atoms with van der Waals surface area (Å²) in [5.41, 5.74) is 0. The van der Waals surface area contributed by atoms with E-state index in [1.165, 1.54) is 0 Å². The smallest absolute Gasteiger partial charge is 0.258 e. The third-order valence-electron chi connectivity index (χ3n) is 3.36. The minimum absolute atomic E-state index is 0.0524. The van der Waals surface area contributed by atoms with Crippen molar-refractivity contribution in [3.63, 3.8) is 0 Å². The van der Waals surface area contributed by atoms with Gasteiger partial charge in [0.25, 0.3) is 5.91 Å². The Hall–Kier alpha value is -3.06. The molecule has 0 heterocycles. The molecule has 7 nitrogen and oxygen atoms in total. The molecular formula is C20H24N2O5. The fourth-order valence-electron chi connectivity index (χ4n) is 2.07. The third-order valence-corrected chi connectivity index (χ3v) is 3.36. The van der Waals surface area contributed by atoms with Crippen LogP contribution in [0.3, 0.4) is 0 Å². The highest BCUT2D eigenvalue weighted by Gasteiger charge is 2.04. The van der Waals surface area contributed by atoms with Gasteiger partial charge in [-0.1, -0.05) is 36.4 Å². The minimum Gasteiger partial charge on any atom is -0.491 e. The molecule has 0 aromatic heterocycles. The average Bonchev–Trinajstić information content (AvgIpc) is 2.71. The molecule has 0 aliphatic rings. The lowest BCUT2D eigenvalue weighted by Gasteiger charge is -2.09. The molecule has 27 heavy (non-hydrogen) atoms. The molecule has 0 saturated carbocycles. The molecule has 2 N–H and O–H groups in total. The first-order valence-electron chi connectivity index (χ1n) is 8.71. The second-order valence-electron chi connectivity index (χ2n) is 5.52. The first-order chi connectivity index (χ1) is 13.2. The summed E-state index contributed by atoms with van der Waals surface area (Å²) >= 11 is 0. The Morgan fingerprint density at radius 1 is 0.667 bits per heavy atom. The van der Waals surface area contributed by atoms with E-state index in [-0.39, 0.29) is 25.0 Å². The van der Waals surface area contributed by atoms with Crippen molar-refractivity contribution in [2.24, 2.45) is 0 Å². The number of hydrogen-bond donors (Lipinski definition) is 2. The van der Waals surface area contributed by atoms with E-state index in [0.29, 0.717) is 32.1 Å². The summed E-state index contributed by atoms with van der Waals surface area (Å²) in [5, 5.41) is 5.32. The maximum Gasteiger partial charge on any atom is 0.258 e. The van der Waals surface area contributed by atoms with E-state index < -0.39 is 0 Å². The Bertz CT molecular complexity index is 679. The zero-order valence-electron chi connectivity index (χ0n) is 15.1. The van der Waals surface area contributed by atoms with E-state index in [9.17, 15) is 9.59 Å². The molecule has 0 spiro atoms. The van der Waals surface area contributed by atoms with E-state index in [1.54, 1.807) is 12.1 Å². The molecule has 144 valence electrons. The summed E-state index contributed by atoms with van der Waals surface area (Å²) in [4.78, 5) is 23.3. The molecule has 0 unspecified atom stereocenters. The quantitative estimate of drug-likeness (QED) is 0.550. The Labute approximate surface area is 158 Å². The highest BCUT2D eigenvalue weighted by molar-refractivity contribution is 5.78. The SMILES string of the molecule is O=C(COCCOc1ccccc1)NCCNC(=O)COc1ccccc1. The zero-order valence-corrected chi connectivity index (χ0v) is 15.1. The average molecular weight is 372 g/mol. The lowest BCUT2D eigenvalue weighted by atomic mass is 10.3. The van der Waals surface area contributed by atoms with Crippen LogP contribution in [0.15, 0.2) is 60.7 Å². The topological polar surface area (TPSA) is 85.9 Å². The maximum atomic E-state index is 11.6. The van der Waals surface area contributed by atoms with Crippen molar-refractivity contribution in [2.45, 2.75) is 0 Å². The van der Waals surface area contributed by atoms with Crippen LogP contribution in [0.5, 0.6) is 11.5 Å². The largest absolute Gasteiger partial charge is 0.491 e. The Kier molecular flexibility index (Phi) is 9.24. The van der Waals surface area contributed by atoms with Crippen molar-refractivity contribution < 1.29 is 23.8 Å². The van der Waals surface area contributed by atoms with Gasteiger partial charge in [0.2, 0.25) is 5.91 Å². The molecule has 0 radical (unpaired) electrons. The molecule has 2 aromatic rings. The van der Waals surface area contributed by atoms with Crippen LogP contribution in [-0.2, 0) is 14.3 Å². The highest BCUT2D eigenvalue weighted by atomic mass is 16.5. The van der Waals surface area contributed by atoms with Gasteiger partial charge in [0.15, 0.2) is 6.61 Å². The fourth-order valence-corrected chi connectivity index (χ4v) is 2.07. The first kappa shape index (κ1) is 20.3. The van der Waals surface area contributed by atoms with Crippen molar-refractivity contribution in [3.05, 3.63) is 60.7 Å². The van der Waals surface area contributed by atoms with Gasteiger partial charge in [0.1, 0.15) is 24.7 Å². The van der Waals surface area contributed by atoms with Crippen LogP contribution < -0.4 is 20.1 Å². The fraction of sp³-hybridized carbons (Fsp3) is 0.300. The van der Waals surface area contributed by atoms with Gasteiger partial charge >= 0.3 is 0 Å². The summed E-state index contributed by atoms with van der Waals surface area (Å²) in [7, 11) is 0. The van der Waals surface area contributed by atoms with E-state index in [4.69, 9.17) is 14.2 Å². The molecule has 2 rings (SSSR count). The zero-order chi connectivity index (χ0) is 19.2. The molecule has 0 atom stereocenters. The Morgan fingerprint density at radius 2 is 1.19 bits per heavy atom. The van der Waals surface area contributed by atoms with Gasteiger partial charge < -0.3 is 24.8 Å². The van der Waals surface area contributed by atoms with Crippen molar-refractivity contribution in [1.82, 2.24) is 10.6 Å². The number of rotatable bonds is 12. The van der Waals surface area contributed by atoms with Crippen LogP contribution >= 0.6 is 0 Å². The summed E-state index contributed by atoms with van der Waals surface area (Å²) in [6.45, 7) is 1.20. The lowest BCUT2D eigenvalue weighted by Crippen LogP contribution is -2.38. The number of para-hydroxylation sites is 2. The third kappa shape index (κ3) is 9.27. The number of carbonyl (C=O) groups excluding carboxylic acids is 2. The van der Waals surface area contributed by atoms with Gasteiger partial charge in [0, 0.05) is 13.1 Å². The molecule has 0 aliphatic heterocycles. The number of hydrogen-bond acceptors (Lipinski definition) is 5. The summed E-state index contributed by atoms with van der Waals surface area (Å²) in [5.74, 6) is 0.902. The molecule has 0 aliphatic carbocycles. The molecule has 7 heteroatoms. The van der Waals surface area contributed by atoms with Crippen LogP contribution in [0.25, 0.3) is 0 Å². The number of carbonyl (C=O) groups is 2. The monoisotopic (exact) mass is 372 g/mol. The van der Waals surface area contributed by atoms with Gasteiger partial charge in [-0.2, -0.15) is 0 Å². The Morgan fingerprint density at radius 3 is 1.78 bits per heavy atom. The minimum atomic E-state index is -0.248. The Balaban J connectivity index is 1.43. The maximum absolute atomic E-state index is 11.6. The van der Waals surface area contributed by atoms with Gasteiger partial charge in [0.05, 0.1) is 6.61 Å². The van der Waals surface area contributed by atoms with Crippen LogP contribution in [-0.4, -0.2) is 51.3 Å². The predicted molar refractivity (Wildman–Crippen MR) is 101 cm³/mol. The standard InChI is InChI=1S/C20H24N2O5/c23-19(15-25-13-14-26-17-7-3-1-4-8-17)21-11-12-22-20(24)16-27-18-9-5-2-6-10-18/h1-10H,11-16H2,(H,21,23)(H,22,24). The highest BCUT2D eigenvalue weighted by Crippen LogP contribution is 2.08. The van der Waals surface area contributed by atoms with E-state index in [0.717, 1.165) is 5.75 Å². The van der Waals surface area contributed by atoms with Gasteiger partial charge in [-0.15, -0.1) is 0 Å². The molecule has 0 saturated heterocycles. The number of nitrogens with one attached hydrogen (secondary N) is 2. The van der Waals surface area contributed by atoms with E-state index in [2.05, 4.69) is 10.6 Å². The van der Waals surface area contributed by atoms with Crippen LogP contribution in [0.2, 0.25) is 0 Å². The first-order valence-corrected chi connectivity index (χ1v) is 8.71. The van der Waals surface area contributed by atoms with Gasteiger partial charge in [-0.3, -0.25) is 9.59 Å². The van der Waals surface area contributed by atoms with Crippen LogP contribution in [0.4, 0.5) is 0 Å². The second-order valence-corrected chi connectivity index (χ2v) is 5.52. The summed E-state index contributed by atoms with van der Waals surface area (Å²) in [6, 6.07) is 18.5. The van der Waals surface area contributed by atoms with Crippen LogP contribution in [0, 0.1) is 0 Å². The van der Waals surface area contributed by atoms with E-state index >= 15 is 0 Å². The van der Waals surface area contributed by atoms with Gasteiger partial charge in [-0.25, -0.2) is 0 Å². The molecule has 0 bridgehead atoms. The van der Waals surface area contributed by atoms with Gasteiger partial charge in [-0.05, 0) is 24.3 Å². The number of ether oxygens (including phenoxy) is 3. The predicted octanol–water partition coefficient (Wildman–Crippen LogP) is 1.39. The lowest BCUT2D eigenvalue weighted by molar-refractivity contribution is -0.126. The number of benzene rings is 2. The van der Waals surface area contributed by atoms with Crippen molar-refractivity contribution in [2.75, 3.05) is 39.5 Å². The van der Waals surface area contributed by atoms with Crippen molar-refractivity contribution in [1.29, 1.82) is 0 Å². The second kappa shape index (κ2) is 12.3. The normalized spacial score (nSPS) is 10.1. The number of amides is 2. The molecule has 2 aromatic carbocycles.